The number of carbonyl (C=O) groups excluding carboxylic acids is 1. The highest BCUT2D eigenvalue weighted by molar-refractivity contribution is 5.80. The van der Waals surface area contributed by atoms with E-state index < -0.39 is 0 Å². The zero-order chi connectivity index (χ0) is 15.7. The number of rotatable bonds is 4. The van der Waals surface area contributed by atoms with Gasteiger partial charge in [-0.3, -0.25) is 9.69 Å². The molecule has 0 saturated carbocycles. The summed E-state index contributed by atoms with van der Waals surface area (Å²) in [5.41, 5.74) is 8.07. The van der Waals surface area contributed by atoms with Crippen molar-refractivity contribution in [1.29, 1.82) is 0 Å². The van der Waals surface area contributed by atoms with Crippen LogP contribution in [0.15, 0.2) is 24.3 Å². The SMILES string of the molecule is CCc1nnc(CN2Cc3ccccc3C[C@H]2C(N)=O)n1C. The van der Waals surface area contributed by atoms with E-state index in [0.29, 0.717) is 19.5 Å². The minimum absolute atomic E-state index is 0.285. The fourth-order valence-electron chi connectivity index (χ4n) is 3.05. The maximum absolute atomic E-state index is 11.8. The molecule has 1 atom stereocenters. The molecule has 0 fully saturated rings. The third-order valence-electron chi connectivity index (χ3n) is 4.39. The third-order valence-corrected chi connectivity index (χ3v) is 4.39. The van der Waals surface area contributed by atoms with Crippen LogP contribution >= 0.6 is 0 Å². The van der Waals surface area contributed by atoms with E-state index in [1.165, 1.54) is 11.1 Å². The molecule has 1 aromatic carbocycles. The van der Waals surface area contributed by atoms with Crippen molar-refractivity contribution < 1.29 is 4.79 Å². The van der Waals surface area contributed by atoms with Gasteiger partial charge in [-0.25, -0.2) is 0 Å². The van der Waals surface area contributed by atoms with Crippen LogP contribution in [0.1, 0.15) is 29.7 Å². The van der Waals surface area contributed by atoms with Crippen LogP contribution in [-0.4, -0.2) is 31.6 Å². The number of hydrogen-bond donors (Lipinski definition) is 1. The third kappa shape index (κ3) is 2.62. The monoisotopic (exact) mass is 299 g/mol. The van der Waals surface area contributed by atoms with Gasteiger partial charge in [0.05, 0.1) is 12.6 Å². The van der Waals surface area contributed by atoms with Crippen LogP contribution in [0.5, 0.6) is 0 Å². The summed E-state index contributed by atoms with van der Waals surface area (Å²) in [6, 6.07) is 7.91. The zero-order valence-corrected chi connectivity index (χ0v) is 13.0. The Morgan fingerprint density at radius 2 is 1.95 bits per heavy atom. The van der Waals surface area contributed by atoms with Crippen LogP contribution in [0.4, 0.5) is 0 Å². The summed E-state index contributed by atoms with van der Waals surface area (Å²) in [5.74, 6) is 1.53. The Hall–Kier alpha value is -2.21. The van der Waals surface area contributed by atoms with Gasteiger partial charge in [0, 0.05) is 20.0 Å². The summed E-state index contributed by atoms with van der Waals surface area (Å²) >= 11 is 0. The Bertz CT molecular complexity index is 694. The van der Waals surface area contributed by atoms with E-state index in [4.69, 9.17) is 5.73 Å². The van der Waals surface area contributed by atoms with Gasteiger partial charge in [-0.15, -0.1) is 10.2 Å². The molecule has 0 radical (unpaired) electrons. The van der Waals surface area contributed by atoms with Gasteiger partial charge in [-0.05, 0) is 17.5 Å². The molecule has 2 N–H and O–H groups in total. The normalized spacial score (nSPS) is 18.2. The molecule has 1 aliphatic heterocycles. The van der Waals surface area contributed by atoms with Crippen molar-refractivity contribution in [2.24, 2.45) is 12.8 Å². The molecule has 2 aromatic rings. The largest absolute Gasteiger partial charge is 0.368 e. The maximum Gasteiger partial charge on any atom is 0.235 e. The second-order valence-corrected chi connectivity index (χ2v) is 5.74. The molecule has 0 saturated heterocycles. The molecule has 6 nitrogen and oxygen atoms in total. The molecule has 116 valence electrons. The van der Waals surface area contributed by atoms with E-state index in [0.717, 1.165) is 18.1 Å². The second-order valence-electron chi connectivity index (χ2n) is 5.74. The Kier molecular flexibility index (Phi) is 3.94. The van der Waals surface area contributed by atoms with E-state index in [2.05, 4.69) is 34.2 Å². The Labute approximate surface area is 129 Å². The number of hydrogen-bond acceptors (Lipinski definition) is 4. The van der Waals surface area contributed by atoms with E-state index in [-0.39, 0.29) is 11.9 Å². The van der Waals surface area contributed by atoms with Crippen molar-refractivity contribution in [2.75, 3.05) is 0 Å². The van der Waals surface area contributed by atoms with Crippen molar-refractivity contribution in [1.82, 2.24) is 19.7 Å². The highest BCUT2D eigenvalue weighted by Crippen LogP contribution is 2.24. The predicted molar refractivity (Wildman–Crippen MR) is 82.8 cm³/mol. The summed E-state index contributed by atoms with van der Waals surface area (Å²) in [6.45, 7) is 3.33. The summed E-state index contributed by atoms with van der Waals surface area (Å²) in [7, 11) is 1.96. The Morgan fingerprint density at radius 1 is 1.27 bits per heavy atom. The lowest BCUT2D eigenvalue weighted by atomic mass is 9.93. The molecular weight excluding hydrogens is 278 g/mol. The van der Waals surface area contributed by atoms with Gasteiger partial charge >= 0.3 is 0 Å². The summed E-state index contributed by atoms with van der Waals surface area (Å²) < 4.78 is 2.00. The number of aromatic nitrogens is 3. The standard InChI is InChI=1S/C16H21N5O/c1-3-14-18-19-15(20(14)2)10-21-9-12-7-5-4-6-11(12)8-13(21)16(17)22/h4-7,13H,3,8-10H2,1-2H3,(H2,17,22)/t13-/m0/s1. The van der Waals surface area contributed by atoms with Crippen LogP contribution in [0.2, 0.25) is 0 Å². The predicted octanol–water partition coefficient (Wildman–Crippen LogP) is 0.790. The number of primary amides is 1. The minimum Gasteiger partial charge on any atom is -0.368 e. The topological polar surface area (TPSA) is 77.0 Å². The van der Waals surface area contributed by atoms with Crippen molar-refractivity contribution >= 4 is 5.91 Å². The first-order chi connectivity index (χ1) is 10.6. The van der Waals surface area contributed by atoms with Crippen LogP contribution in [0.25, 0.3) is 0 Å². The van der Waals surface area contributed by atoms with Crippen LogP contribution in [0.3, 0.4) is 0 Å². The summed E-state index contributed by atoms with van der Waals surface area (Å²) in [5, 5.41) is 8.43. The van der Waals surface area contributed by atoms with Crippen LogP contribution in [-0.2, 0) is 37.8 Å². The molecule has 0 aliphatic carbocycles. The molecule has 22 heavy (non-hydrogen) atoms. The lowest BCUT2D eigenvalue weighted by Crippen LogP contribution is -2.48. The highest BCUT2D eigenvalue weighted by atomic mass is 16.1. The molecule has 1 aromatic heterocycles. The number of benzene rings is 1. The molecule has 3 rings (SSSR count). The second kappa shape index (κ2) is 5.88. The van der Waals surface area contributed by atoms with Gasteiger partial charge in [0.2, 0.25) is 5.91 Å². The van der Waals surface area contributed by atoms with Crippen molar-refractivity contribution in [3.8, 4) is 0 Å². The molecule has 2 heterocycles. The molecule has 1 amide bonds. The molecule has 0 spiro atoms. The maximum atomic E-state index is 11.8. The average molecular weight is 299 g/mol. The molecular formula is C16H21N5O. The van der Waals surface area contributed by atoms with E-state index in [1.54, 1.807) is 0 Å². The van der Waals surface area contributed by atoms with Gasteiger partial charge in [0.15, 0.2) is 0 Å². The summed E-state index contributed by atoms with van der Waals surface area (Å²) in [4.78, 5) is 13.9. The van der Waals surface area contributed by atoms with Crippen LogP contribution < -0.4 is 5.73 Å². The average Bonchev–Trinajstić information content (AvgIpc) is 2.86. The van der Waals surface area contributed by atoms with Gasteiger partial charge in [0.1, 0.15) is 11.6 Å². The molecule has 6 heteroatoms. The number of carbonyl (C=O) groups is 1. The zero-order valence-electron chi connectivity index (χ0n) is 13.0. The fraction of sp³-hybridized carbons (Fsp3) is 0.438. The van der Waals surface area contributed by atoms with Crippen molar-refractivity contribution in [3.63, 3.8) is 0 Å². The lowest BCUT2D eigenvalue weighted by Gasteiger charge is -2.34. The number of nitrogens with zero attached hydrogens (tertiary/aromatic N) is 4. The number of nitrogens with two attached hydrogens (primary N) is 1. The van der Waals surface area contributed by atoms with E-state index in [9.17, 15) is 4.79 Å². The first kappa shape index (κ1) is 14.7. The molecule has 0 unspecified atom stereocenters. The molecule has 1 aliphatic rings. The minimum atomic E-state index is -0.295. The van der Waals surface area contributed by atoms with Gasteiger partial charge in [0.25, 0.3) is 0 Å². The number of aryl methyl sites for hydroxylation is 1. The van der Waals surface area contributed by atoms with E-state index in [1.807, 2.05) is 23.7 Å². The molecule has 0 bridgehead atoms. The van der Waals surface area contributed by atoms with Gasteiger partial charge < -0.3 is 10.3 Å². The first-order valence-corrected chi connectivity index (χ1v) is 7.57. The van der Waals surface area contributed by atoms with Gasteiger partial charge in [-0.2, -0.15) is 0 Å². The van der Waals surface area contributed by atoms with Crippen LogP contribution in [0, 0.1) is 0 Å². The van der Waals surface area contributed by atoms with Crippen molar-refractivity contribution in [2.45, 2.75) is 38.9 Å². The summed E-state index contributed by atoms with van der Waals surface area (Å²) in [6.07, 6.45) is 1.50. The number of fused-ring (bicyclic) bond motifs is 1. The lowest BCUT2D eigenvalue weighted by molar-refractivity contribution is -0.124. The quantitative estimate of drug-likeness (QED) is 0.905. The number of amides is 1. The fourth-order valence-corrected chi connectivity index (χ4v) is 3.05. The Balaban J connectivity index is 1.87. The van der Waals surface area contributed by atoms with E-state index >= 15 is 0 Å². The first-order valence-electron chi connectivity index (χ1n) is 7.57. The highest BCUT2D eigenvalue weighted by Gasteiger charge is 2.30. The van der Waals surface area contributed by atoms with Gasteiger partial charge in [-0.1, -0.05) is 31.2 Å². The van der Waals surface area contributed by atoms with Crippen molar-refractivity contribution in [3.05, 3.63) is 47.0 Å². The Morgan fingerprint density at radius 3 is 2.59 bits per heavy atom. The smallest absolute Gasteiger partial charge is 0.235 e.